The second-order valence-electron chi connectivity index (χ2n) is 6.28. The first-order chi connectivity index (χ1) is 10.1. The third kappa shape index (κ3) is 2.74. The lowest BCUT2D eigenvalue weighted by atomic mass is 10.1. The minimum Gasteiger partial charge on any atom is -0.379 e. The third-order valence-electron chi connectivity index (χ3n) is 4.61. The van der Waals surface area contributed by atoms with Crippen LogP contribution in [0.15, 0.2) is 6.07 Å². The van der Waals surface area contributed by atoms with Gasteiger partial charge in [0.1, 0.15) is 11.9 Å². The number of nitrogens with zero attached hydrogens (tertiary/aromatic N) is 4. The molecule has 0 radical (unpaired) electrons. The Balaban J connectivity index is 1.97. The fourth-order valence-corrected chi connectivity index (χ4v) is 3.24. The van der Waals surface area contributed by atoms with Crippen LogP contribution in [0.5, 0.6) is 0 Å². The summed E-state index contributed by atoms with van der Waals surface area (Å²) in [5.74, 6) is 1.31. The maximum atomic E-state index is 9.44. The number of pyridine rings is 1. The molecule has 0 spiro atoms. The van der Waals surface area contributed by atoms with Gasteiger partial charge in [0.2, 0.25) is 0 Å². The number of hydrogen-bond acceptors (Lipinski definition) is 5. The highest BCUT2D eigenvalue weighted by atomic mass is 16.5. The van der Waals surface area contributed by atoms with Gasteiger partial charge >= 0.3 is 0 Å². The zero-order valence-electron chi connectivity index (χ0n) is 13.0. The fourth-order valence-electron chi connectivity index (χ4n) is 3.24. The zero-order valence-corrected chi connectivity index (χ0v) is 13.0. The Morgan fingerprint density at radius 3 is 2.86 bits per heavy atom. The van der Waals surface area contributed by atoms with Gasteiger partial charge < -0.3 is 9.64 Å². The van der Waals surface area contributed by atoms with Gasteiger partial charge in [0.25, 0.3) is 0 Å². The van der Waals surface area contributed by atoms with E-state index in [1.807, 2.05) is 19.9 Å². The molecule has 0 aliphatic carbocycles. The van der Waals surface area contributed by atoms with Crippen molar-refractivity contribution in [3.8, 4) is 6.07 Å². The summed E-state index contributed by atoms with van der Waals surface area (Å²) in [5.41, 5.74) is 2.76. The molecule has 2 atom stereocenters. The number of rotatable bonds is 1. The Morgan fingerprint density at radius 2 is 2.10 bits per heavy atom. The molecular weight excluding hydrogens is 264 g/mol. The molecule has 2 aliphatic rings. The van der Waals surface area contributed by atoms with Gasteiger partial charge in [0.05, 0.1) is 24.8 Å². The molecule has 1 aromatic heterocycles. The van der Waals surface area contributed by atoms with Crippen LogP contribution < -0.4 is 4.90 Å². The van der Waals surface area contributed by atoms with Crippen molar-refractivity contribution in [3.63, 3.8) is 0 Å². The summed E-state index contributed by atoms with van der Waals surface area (Å²) in [6.07, 6.45) is 0. The first-order valence-electron chi connectivity index (χ1n) is 7.49. The van der Waals surface area contributed by atoms with Crippen LogP contribution in [-0.2, 0) is 4.74 Å². The molecule has 5 nitrogen and oxygen atoms in total. The van der Waals surface area contributed by atoms with Crippen molar-refractivity contribution < 1.29 is 4.74 Å². The van der Waals surface area contributed by atoms with Crippen LogP contribution in [-0.4, -0.2) is 55.8 Å². The topological polar surface area (TPSA) is 52.4 Å². The third-order valence-corrected chi connectivity index (χ3v) is 4.61. The Bertz CT molecular complexity index is 580. The van der Waals surface area contributed by atoms with E-state index in [9.17, 15) is 5.26 Å². The quantitative estimate of drug-likeness (QED) is 0.780. The average Bonchev–Trinajstić information content (AvgIpc) is 2.69. The molecule has 2 saturated heterocycles. The molecule has 112 valence electrons. The summed E-state index contributed by atoms with van der Waals surface area (Å²) in [7, 11) is 2.16. The van der Waals surface area contributed by atoms with Crippen molar-refractivity contribution in [2.45, 2.75) is 19.9 Å². The number of ether oxygens (including phenoxy) is 1. The van der Waals surface area contributed by atoms with Gasteiger partial charge in [-0.25, -0.2) is 4.98 Å². The van der Waals surface area contributed by atoms with E-state index < -0.39 is 0 Å². The maximum Gasteiger partial charge on any atom is 0.146 e. The molecule has 5 heteroatoms. The molecule has 1 aromatic rings. The van der Waals surface area contributed by atoms with Gasteiger partial charge in [-0.2, -0.15) is 5.26 Å². The Morgan fingerprint density at radius 1 is 1.29 bits per heavy atom. The Kier molecular flexibility index (Phi) is 3.83. The SMILES string of the molecule is Cc1cc(C#N)c(N2C[C@@H]3COC[C@H](C2)N(C)C3)nc1C. The normalized spacial score (nSPS) is 26.3. The molecule has 2 fully saturated rings. The first-order valence-corrected chi connectivity index (χ1v) is 7.49. The predicted octanol–water partition coefficient (Wildman–Crippen LogP) is 1.34. The summed E-state index contributed by atoms with van der Waals surface area (Å²) in [5, 5.41) is 9.44. The van der Waals surface area contributed by atoms with E-state index >= 15 is 0 Å². The van der Waals surface area contributed by atoms with Crippen molar-refractivity contribution in [2.75, 3.05) is 44.8 Å². The van der Waals surface area contributed by atoms with E-state index in [2.05, 4.69) is 22.9 Å². The lowest BCUT2D eigenvalue weighted by molar-refractivity contribution is 0.0929. The summed E-state index contributed by atoms with van der Waals surface area (Å²) in [4.78, 5) is 9.37. The molecule has 0 N–H and O–H groups in total. The summed E-state index contributed by atoms with van der Waals surface area (Å²) >= 11 is 0. The highest BCUT2D eigenvalue weighted by Gasteiger charge is 2.32. The lowest BCUT2D eigenvalue weighted by Gasteiger charge is -2.31. The fraction of sp³-hybridized carbons (Fsp3) is 0.625. The minimum absolute atomic E-state index is 0.368. The van der Waals surface area contributed by atoms with E-state index in [-0.39, 0.29) is 0 Å². The van der Waals surface area contributed by atoms with Crippen LogP contribution in [0.4, 0.5) is 5.82 Å². The Labute approximate surface area is 126 Å². The van der Waals surface area contributed by atoms with Crippen molar-refractivity contribution in [1.82, 2.24) is 9.88 Å². The molecule has 0 aromatic carbocycles. The minimum atomic E-state index is 0.368. The molecule has 2 bridgehead atoms. The van der Waals surface area contributed by atoms with Crippen molar-refractivity contribution in [1.29, 1.82) is 5.26 Å². The second-order valence-corrected chi connectivity index (χ2v) is 6.28. The van der Waals surface area contributed by atoms with Crippen LogP contribution in [0, 0.1) is 31.1 Å². The van der Waals surface area contributed by atoms with Gasteiger partial charge in [0.15, 0.2) is 0 Å². The standard InChI is InChI=1S/C16H22N4O/c1-11-4-14(5-17)16(18-12(11)2)20-7-13-6-19(3)15(8-20)10-21-9-13/h4,13,15H,6-10H2,1-3H3/t13-,15+/m1/s1. The number of aryl methyl sites for hydroxylation is 2. The molecule has 21 heavy (non-hydrogen) atoms. The number of anilines is 1. The van der Waals surface area contributed by atoms with Gasteiger partial charge in [-0.1, -0.05) is 0 Å². The van der Waals surface area contributed by atoms with E-state index in [4.69, 9.17) is 9.72 Å². The zero-order chi connectivity index (χ0) is 15.0. The van der Waals surface area contributed by atoms with Crippen LogP contribution in [0.25, 0.3) is 0 Å². The predicted molar refractivity (Wildman–Crippen MR) is 81.4 cm³/mol. The van der Waals surface area contributed by atoms with Gasteiger partial charge in [-0.05, 0) is 32.5 Å². The summed E-state index contributed by atoms with van der Waals surface area (Å²) < 4.78 is 5.76. The molecule has 2 aliphatic heterocycles. The van der Waals surface area contributed by atoms with Crippen LogP contribution >= 0.6 is 0 Å². The number of fused-ring (bicyclic) bond motifs is 3. The molecule has 0 unspecified atom stereocenters. The van der Waals surface area contributed by atoms with Crippen LogP contribution in [0.1, 0.15) is 16.8 Å². The smallest absolute Gasteiger partial charge is 0.146 e. The molecule has 0 saturated carbocycles. The molecule has 3 heterocycles. The highest BCUT2D eigenvalue weighted by molar-refractivity contribution is 5.56. The number of hydrogen-bond donors (Lipinski definition) is 0. The van der Waals surface area contributed by atoms with Crippen molar-refractivity contribution in [2.24, 2.45) is 5.92 Å². The van der Waals surface area contributed by atoms with Crippen molar-refractivity contribution in [3.05, 3.63) is 22.9 Å². The van der Waals surface area contributed by atoms with Crippen LogP contribution in [0.2, 0.25) is 0 Å². The summed E-state index contributed by atoms with van der Waals surface area (Å²) in [6.45, 7) is 8.40. The van der Waals surface area contributed by atoms with Gasteiger partial charge in [0, 0.05) is 31.2 Å². The lowest BCUT2D eigenvalue weighted by Crippen LogP contribution is -2.43. The molecule has 0 amide bonds. The second kappa shape index (κ2) is 5.63. The number of likely N-dealkylation sites (N-methyl/N-ethyl adjacent to an activating group) is 1. The number of nitriles is 1. The monoisotopic (exact) mass is 286 g/mol. The van der Waals surface area contributed by atoms with Crippen molar-refractivity contribution >= 4 is 5.82 Å². The maximum absolute atomic E-state index is 9.44. The van der Waals surface area contributed by atoms with E-state index in [1.54, 1.807) is 0 Å². The molecule has 3 rings (SSSR count). The van der Waals surface area contributed by atoms with Gasteiger partial charge in [-0.15, -0.1) is 0 Å². The van der Waals surface area contributed by atoms with E-state index in [1.165, 1.54) is 0 Å². The molecular formula is C16H22N4O. The summed E-state index contributed by atoms with van der Waals surface area (Å²) in [6, 6.07) is 4.63. The average molecular weight is 286 g/mol. The van der Waals surface area contributed by atoms with E-state index in [0.29, 0.717) is 17.5 Å². The largest absolute Gasteiger partial charge is 0.379 e. The van der Waals surface area contributed by atoms with E-state index in [0.717, 1.165) is 49.9 Å². The van der Waals surface area contributed by atoms with Gasteiger partial charge in [-0.3, -0.25) is 4.90 Å². The Hall–Kier alpha value is -1.64. The number of aromatic nitrogens is 1. The first kappa shape index (κ1) is 14.3. The van der Waals surface area contributed by atoms with Crippen LogP contribution in [0.3, 0.4) is 0 Å². The highest BCUT2D eigenvalue weighted by Crippen LogP contribution is 2.26.